The van der Waals surface area contributed by atoms with E-state index in [0.29, 0.717) is 0 Å². The molecular formula is C29H30ClNO2. The van der Waals surface area contributed by atoms with E-state index in [2.05, 4.69) is 83.8 Å². The third-order valence-corrected chi connectivity index (χ3v) is 6.33. The summed E-state index contributed by atoms with van der Waals surface area (Å²) in [6, 6.07) is 29.8. The van der Waals surface area contributed by atoms with Crippen LogP contribution >= 0.6 is 12.4 Å². The Morgan fingerprint density at radius 1 is 0.758 bits per heavy atom. The van der Waals surface area contributed by atoms with Crippen LogP contribution in [0.1, 0.15) is 12.8 Å². The molecule has 1 aliphatic heterocycles. The number of benzene rings is 4. The summed E-state index contributed by atoms with van der Waals surface area (Å²) in [5.41, 5.74) is 4.86. The van der Waals surface area contributed by atoms with Crippen molar-refractivity contribution in [1.29, 1.82) is 0 Å². The van der Waals surface area contributed by atoms with E-state index in [0.717, 1.165) is 24.7 Å². The number of fused-ring (bicyclic) bond motifs is 1. The maximum atomic E-state index is 6.03. The number of rotatable bonds is 7. The molecule has 0 atom stereocenters. The van der Waals surface area contributed by atoms with Gasteiger partial charge < -0.3 is 9.47 Å². The average molecular weight is 460 g/mol. The fourth-order valence-electron chi connectivity index (χ4n) is 4.62. The van der Waals surface area contributed by atoms with Gasteiger partial charge >= 0.3 is 0 Å². The molecule has 170 valence electrons. The Hall–Kier alpha value is -3.01. The van der Waals surface area contributed by atoms with Crippen LogP contribution in [-0.4, -0.2) is 38.3 Å². The van der Waals surface area contributed by atoms with Crippen molar-refractivity contribution in [3.63, 3.8) is 0 Å². The van der Waals surface area contributed by atoms with Gasteiger partial charge in [-0.15, -0.1) is 12.4 Å². The predicted molar refractivity (Wildman–Crippen MR) is 140 cm³/mol. The van der Waals surface area contributed by atoms with E-state index in [-0.39, 0.29) is 12.4 Å². The van der Waals surface area contributed by atoms with Gasteiger partial charge in [-0.25, -0.2) is 0 Å². The van der Waals surface area contributed by atoms with Gasteiger partial charge in [-0.3, -0.25) is 4.90 Å². The predicted octanol–water partition coefficient (Wildman–Crippen LogP) is 7.08. The molecule has 4 aromatic rings. The van der Waals surface area contributed by atoms with Gasteiger partial charge in [0.05, 0.1) is 7.11 Å². The van der Waals surface area contributed by atoms with Gasteiger partial charge in [-0.1, -0.05) is 60.7 Å². The van der Waals surface area contributed by atoms with Crippen molar-refractivity contribution in [2.45, 2.75) is 12.8 Å². The zero-order chi connectivity index (χ0) is 21.8. The SMILES string of the molecule is COc1ccc2c(-c3ccc(OCCN4CCCC4)cc3)c(-c3ccccc3)ccc2c1.Cl. The molecule has 1 fully saturated rings. The third-order valence-electron chi connectivity index (χ3n) is 6.33. The van der Waals surface area contributed by atoms with Crippen LogP contribution in [0, 0.1) is 0 Å². The van der Waals surface area contributed by atoms with Gasteiger partial charge in [0.2, 0.25) is 0 Å². The second kappa shape index (κ2) is 10.7. The summed E-state index contributed by atoms with van der Waals surface area (Å²) in [6.07, 6.45) is 2.63. The molecular weight excluding hydrogens is 430 g/mol. The van der Waals surface area contributed by atoms with E-state index in [1.165, 1.54) is 59.0 Å². The van der Waals surface area contributed by atoms with E-state index >= 15 is 0 Å². The second-order valence-corrected chi connectivity index (χ2v) is 8.36. The van der Waals surface area contributed by atoms with Crippen LogP contribution in [0.25, 0.3) is 33.0 Å². The molecule has 0 unspecified atom stereocenters. The number of ether oxygens (including phenoxy) is 2. The lowest BCUT2D eigenvalue weighted by Crippen LogP contribution is -2.25. The van der Waals surface area contributed by atoms with Crippen LogP contribution in [0.2, 0.25) is 0 Å². The fourth-order valence-corrected chi connectivity index (χ4v) is 4.62. The van der Waals surface area contributed by atoms with Crippen molar-refractivity contribution in [3.8, 4) is 33.8 Å². The Morgan fingerprint density at radius 3 is 2.21 bits per heavy atom. The lowest BCUT2D eigenvalue weighted by atomic mass is 9.89. The Morgan fingerprint density at radius 2 is 1.48 bits per heavy atom. The highest BCUT2D eigenvalue weighted by molar-refractivity contribution is 6.04. The molecule has 5 rings (SSSR count). The molecule has 4 heteroatoms. The van der Waals surface area contributed by atoms with Crippen LogP contribution in [-0.2, 0) is 0 Å². The minimum Gasteiger partial charge on any atom is -0.497 e. The first kappa shape index (κ1) is 23.2. The van der Waals surface area contributed by atoms with Crippen molar-refractivity contribution < 1.29 is 9.47 Å². The van der Waals surface area contributed by atoms with Gasteiger partial charge in [0.25, 0.3) is 0 Å². The maximum Gasteiger partial charge on any atom is 0.119 e. The fraction of sp³-hybridized carbons (Fsp3) is 0.241. The summed E-state index contributed by atoms with van der Waals surface area (Å²) in [4.78, 5) is 2.48. The zero-order valence-electron chi connectivity index (χ0n) is 19.0. The minimum absolute atomic E-state index is 0. The summed E-state index contributed by atoms with van der Waals surface area (Å²) in [6.45, 7) is 4.15. The topological polar surface area (TPSA) is 21.7 Å². The number of hydrogen-bond donors (Lipinski definition) is 0. The molecule has 4 aromatic carbocycles. The lowest BCUT2D eigenvalue weighted by Gasteiger charge is -2.16. The van der Waals surface area contributed by atoms with E-state index in [1.54, 1.807) is 7.11 Å². The van der Waals surface area contributed by atoms with E-state index in [9.17, 15) is 0 Å². The molecule has 0 saturated carbocycles. The van der Waals surface area contributed by atoms with E-state index in [4.69, 9.17) is 9.47 Å². The van der Waals surface area contributed by atoms with Gasteiger partial charge in [0, 0.05) is 6.54 Å². The van der Waals surface area contributed by atoms with Crippen molar-refractivity contribution in [3.05, 3.63) is 84.9 Å². The lowest BCUT2D eigenvalue weighted by molar-refractivity contribution is 0.238. The molecule has 0 radical (unpaired) electrons. The molecule has 3 nitrogen and oxygen atoms in total. The standard InChI is InChI=1S/C29H29NO2.ClH/c1-31-26-14-16-28-24(21-26)11-15-27(22-7-3-2-4-8-22)29(28)23-9-12-25(13-10-23)32-20-19-30-17-5-6-18-30;/h2-4,7-16,21H,5-6,17-20H2,1H3;1H. The van der Waals surface area contributed by atoms with Gasteiger partial charge in [-0.2, -0.15) is 0 Å². The number of hydrogen-bond acceptors (Lipinski definition) is 3. The molecule has 33 heavy (non-hydrogen) atoms. The molecule has 0 aliphatic carbocycles. The second-order valence-electron chi connectivity index (χ2n) is 8.36. The summed E-state index contributed by atoms with van der Waals surface area (Å²) in [5, 5.41) is 2.39. The Kier molecular flexibility index (Phi) is 7.54. The zero-order valence-corrected chi connectivity index (χ0v) is 19.8. The summed E-state index contributed by atoms with van der Waals surface area (Å²) < 4.78 is 11.5. The van der Waals surface area contributed by atoms with Gasteiger partial charge in [0.15, 0.2) is 0 Å². The maximum absolute atomic E-state index is 6.03. The minimum atomic E-state index is 0. The van der Waals surface area contributed by atoms with Crippen molar-refractivity contribution in [2.24, 2.45) is 0 Å². The van der Waals surface area contributed by atoms with Crippen LogP contribution in [0.5, 0.6) is 11.5 Å². The normalized spacial score (nSPS) is 13.6. The molecule has 1 aliphatic rings. The number of nitrogens with zero attached hydrogens (tertiary/aromatic N) is 1. The van der Waals surface area contributed by atoms with Crippen LogP contribution < -0.4 is 9.47 Å². The summed E-state index contributed by atoms with van der Waals surface area (Å²) in [5.74, 6) is 1.80. The van der Waals surface area contributed by atoms with Crippen LogP contribution in [0.3, 0.4) is 0 Å². The Labute approximate surface area is 202 Å². The first-order chi connectivity index (χ1) is 15.8. The largest absolute Gasteiger partial charge is 0.497 e. The van der Waals surface area contributed by atoms with Crippen molar-refractivity contribution >= 4 is 23.2 Å². The van der Waals surface area contributed by atoms with Crippen LogP contribution in [0.15, 0.2) is 84.9 Å². The van der Waals surface area contributed by atoms with Gasteiger partial charge in [0.1, 0.15) is 18.1 Å². The Balaban J connectivity index is 0.00000259. The number of likely N-dealkylation sites (tertiary alicyclic amines) is 1. The molecule has 0 amide bonds. The number of methoxy groups -OCH3 is 1. The van der Waals surface area contributed by atoms with Gasteiger partial charge in [-0.05, 0) is 83.2 Å². The Bertz CT molecular complexity index is 1190. The number of halogens is 1. The van der Waals surface area contributed by atoms with E-state index in [1.807, 2.05) is 6.07 Å². The molecule has 0 bridgehead atoms. The summed E-state index contributed by atoms with van der Waals surface area (Å²) in [7, 11) is 1.71. The van der Waals surface area contributed by atoms with Crippen molar-refractivity contribution in [2.75, 3.05) is 33.4 Å². The highest BCUT2D eigenvalue weighted by atomic mass is 35.5. The average Bonchev–Trinajstić information content (AvgIpc) is 3.37. The monoisotopic (exact) mass is 459 g/mol. The molecule has 0 aromatic heterocycles. The summed E-state index contributed by atoms with van der Waals surface area (Å²) >= 11 is 0. The highest BCUT2D eigenvalue weighted by Gasteiger charge is 2.14. The smallest absolute Gasteiger partial charge is 0.119 e. The van der Waals surface area contributed by atoms with Crippen LogP contribution in [0.4, 0.5) is 0 Å². The third kappa shape index (κ3) is 5.16. The molecule has 0 N–H and O–H groups in total. The quantitative estimate of drug-likeness (QED) is 0.294. The molecule has 1 heterocycles. The van der Waals surface area contributed by atoms with Crippen molar-refractivity contribution in [1.82, 2.24) is 4.90 Å². The highest BCUT2D eigenvalue weighted by Crippen LogP contribution is 2.39. The molecule has 0 spiro atoms. The first-order valence-corrected chi connectivity index (χ1v) is 11.4. The van der Waals surface area contributed by atoms with E-state index < -0.39 is 0 Å². The first-order valence-electron chi connectivity index (χ1n) is 11.4. The molecule has 1 saturated heterocycles.